The smallest absolute Gasteiger partial charge is 0.519 e. The maximum atomic E-state index is 16.0. The molecule has 6 aromatic rings. The van der Waals surface area contributed by atoms with Crippen molar-refractivity contribution in [3.8, 4) is 33.8 Å². The molecule has 0 bridgehead atoms. The third kappa shape index (κ3) is 5.80. The highest BCUT2D eigenvalue weighted by Gasteiger charge is 2.56. The summed E-state index contributed by atoms with van der Waals surface area (Å²) in [6, 6.07) is 0. The van der Waals surface area contributed by atoms with E-state index in [-0.39, 0.29) is 0 Å². The SMILES string of the molecule is Fc1c(F)c(F)c(-c2c(F)c(F)c(F)c(F)c2B(Oc2c(F)c(F)c(F)c3c2C(F)(F)c2c(F)c(F)c(F)c(F)c2-3)Oc2c(F)c(F)c(F)c3c(F)c(F)c(F)c(F)c23)c(F)c1F. The van der Waals surface area contributed by atoms with Crippen LogP contribution in [0.4, 0.5) is 110 Å². The fourth-order valence-corrected chi connectivity index (χ4v) is 6.44. The van der Waals surface area contributed by atoms with Crippen LogP contribution in [0.25, 0.3) is 33.0 Å². The molecule has 1 aliphatic carbocycles. The second-order valence-electron chi connectivity index (χ2n) is 12.4. The van der Waals surface area contributed by atoms with Crippen molar-refractivity contribution in [1.82, 2.24) is 0 Å². The summed E-state index contributed by atoms with van der Waals surface area (Å²) < 4.78 is 384. The molecule has 6 aromatic carbocycles. The Balaban J connectivity index is 1.69. The third-order valence-corrected chi connectivity index (χ3v) is 9.17. The number of benzene rings is 6. The van der Waals surface area contributed by atoms with Gasteiger partial charge in [-0.15, -0.1) is 0 Å². The molecule has 0 saturated heterocycles. The molecule has 0 amide bonds. The van der Waals surface area contributed by atoms with E-state index in [0.717, 1.165) is 0 Å². The Labute approximate surface area is 327 Å². The van der Waals surface area contributed by atoms with Gasteiger partial charge in [-0.3, -0.25) is 0 Å². The Kier molecular flexibility index (Phi) is 10.3. The first-order chi connectivity index (χ1) is 29.2. The van der Waals surface area contributed by atoms with E-state index in [1.165, 1.54) is 0 Å². The van der Waals surface area contributed by atoms with E-state index in [2.05, 4.69) is 9.31 Å². The lowest BCUT2D eigenvalue weighted by Crippen LogP contribution is -2.48. The minimum atomic E-state index is -5.93. The fourth-order valence-electron chi connectivity index (χ4n) is 6.44. The monoisotopic (exact) mass is 938 g/mol. The molecule has 63 heavy (non-hydrogen) atoms. The standard InChI is InChI=1S/C35BF25O2/c37-10-1-2-8(35(60,61)7(1)18(45)28(55)20(10)47)34(32(59)26(53)11(2)38)63-36(62-33-6-5(16(43)27(54)31(33)58)15(42)22(49)25(52)17(6)44)9-3(12(39)21(48)29(56)19(9)46)4-13(40)23(50)30(57)24(51)14(4)41. The number of fused-ring (bicyclic) bond motifs is 4. The second kappa shape index (κ2) is 14.5. The van der Waals surface area contributed by atoms with Crippen molar-refractivity contribution >= 4 is 23.4 Å². The molecule has 0 atom stereocenters. The zero-order valence-corrected chi connectivity index (χ0v) is 28.3. The number of alkyl halides is 2. The van der Waals surface area contributed by atoms with Gasteiger partial charge in [-0.2, -0.15) is 17.6 Å². The van der Waals surface area contributed by atoms with Crippen LogP contribution >= 0.6 is 0 Å². The molecular formula is C35BF25O2. The Hall–Kier alpha value is -6.51. The van der Waals surface area contributed by atoms with E-state index in [9.17, 15) is 57.1 Å². The Morgan fingerprint density at radius 1 is 0.254 bits per heavy atom. The van der Waals surface area contributed by atoms with Crippen LogP contribution in [0.2, 0.25) is 0 Å². The molecule has 28 heteroatoms. The van der Waals surface area contributed by atoms with Crippen LogP contribution in [0.3, 0.4) is 0 Å². The average molecular weight is 938 g/mol. The second-order valence-corrected chi connectivity index (χ2v) is 12.4. The number of hydrogen-bond donors (Lipinski definition) is 0. The molecule has 0 N–H and O–H groups in total. The molecule has 0 fully saturated rings. The van der Waals surface area contributed by atoms with Gasteiger partial charge in [-0.1, -0.05) is 0 Å². The molecule has 0 spiro atoms. The quantitative estimate of drug-likeness (QED) is 0.0717. The van der Waals surface area contributed by atoms with E-state index < -0.39 is 208 Å². The van der Waals surface area contributed by atoms with Gasteiger partial charge in [0.15, 0.2) is 128 Å². The summed E-state index contributed by atoms with van der Waals surface area (Å²) in [6.07, 6.45) is 0. The van der Waals surface area contributed by atoms with Crippen molar-refractivity contribution in [2.75, 3.05) is 0 Å². The normalized spacial score (nSPS) is 13.0. The summed E-state index contributed by atoms with van der Waals surface area (Å²) in [5.41, 5.74) is -20.5. The highest BCUT2D eigenvalue weighted by molar-refractivity contribution is 6.64. The minimum Gasteiger partial charge on any atom is -0.519 e. The van der Waals surface area contributed by atoms with Crippen LogP contribution in [0.5, 0.6) is 11.5 Å². The van der Waals surface area contributed by atoms with Gasteiger partial charge < -0.3 is 9.31 Å². The lowest BCUT2D eigenvalue weighted by Gasteiger charge is -2.25. The molecule has 0 unspecified atom stereocenters. The largest absolute Gasteiger partial charge is 0.636 e. The zero-order valence-electron chi connectivity index (χ0n) is 28.3. The molecule has 2 nitrogen and oxygen atoms in total. The fraction of sp³-hybridized carbons (Fsp3) is 0.0286. The lowest BCUT2D eigenvalue weighted by atomic mass is 9.72. The van der Waals surface area contributed by atoms with Crippen LogP contribution in [-0.4, -0.2) is 7.12 Å². The van der Waals surface area contributed by atoms with Crippen LogP contribution in [-0.2, 0) is 5.92 Å². The Morgan fingerprint density at radius 2 is 0.556 bits per heavy atom. The minimum absolute atomic E-state index is 2.58. The van der Waals surface area contributed by atoms with Crippen LogP contribution in [0.1, 0.15) is 11.1 Å². The van der Waals surface area contributed by atoms with Gasteiger partial charge in [0.05, 0.1) is 32.9 Å². The lowest BCUT2D eigenvalue weighted by molar-refractivity contribution is 0.0404. The van der Waals surface area contributed by atoms with Gasteiger partial charge in [0.2, 0.25) is 17.5 Å². The number of halogens is 25. The number of rotatable bonds is 6. The first kappa shape index (κ1) is 44.5. The summed E-state index contributed by atoms with van der Waals surface area (Å²) in [6.45, 7) is 0. The third-order valence-electron chi connectivity index (χ3n) is 9.17. The van der Waals surface area contributed by atoms with Gasteiger partial charge in [-0.05, 0) is 0 Å². The maximum Gasteiger partial charge on any atom is 0.636 e. The van der Waals surface area contributed by atoms with E-state index >= 15 is 52.7 Å². The van der Waals surface area contributed by atoms with Crippen molar-refractivity contribution in [1.29, 1.82) is 0 Å². The van der Waals surface area contributed by atoms with Gasteiger partial charge in [0.1, 0.15) is 0 Å². The van der Waals surface area contributed by atoms with E-state index in [0.29, 0.717) is 0 Å². The van der Waals surface area contributed by atoms with E-state index in [1.54, 1.807) is 0 Å². The Morgan fingerprint density at radius 3 is 1.05 bits per heavy atom. The molecule has 0 saturated carbocycles. The van der Waals surface area contributed by atoms with Gasteiger partial charge >= 0.3 is 13.0 Å². The van der Waals surface area contributed by atoms with Crippen molar-refractivity contribution in [2.45, 2.75) is 5.92 Å². The van der Waals surface area contributed by atoms with Crippen LogP contribution < -0.4 is 14.8 Å². The first-order valence-corrected chi connectivity index (χ1v) is 15.6. The summed E-state index contributed by atoms with van der Waals surface area (Å²) in [4.78, 5) is 0. The molecule has 7 rings (SSSR count). The van der Waals surface area contributed by atoms with Crippen LogP contribution in [0.15, 0.2) is 0 Å². The molecule has 0 radical (unpaired) electrons. The highest BCUT2D eigenvalue weighted by atomic mass is 19.3. The summed E-state index contributed by atoms with van der Waals surface area (Å²) in [5, 5.41) is -5.37. The van der Waals surface area contributed by atoms with Crippen molar-refractivity contribution in [3.05, 3.63) is 145 Å². The number of hydrogen-bond acceptors (Lipinski definition) is 2. The molecule has 1 aliphatic rings. The average Bonchev–Trinajstić information content (AvgIpc) is 3.49. The zero-order chi connectivity index (χ0) is 47.1. The van der Waals surface area contributed by atoms with Crippen molar-refractivity contribution in [2.24, 2.45) is 0 Å². The topological polar surface area (TPSA) is 18.5 Å². The summed E-state index contributed by atoms with van der Waals surface area (Å²) >= 11 is 0. The van der Waals surface area contributed by atoms with Crippen molar-refractivity contribution < 1.29 is 119 Å². The van der Waals surface area contributed by atoms with Crippen molar-refractivity contribution in [3.63, 3.8) is 0 Å². The summed E-state index contributed by atoms with van der Waals surface area (Å²) in [5.74, 6) is -87.2. The highest BCUT2D eigenvalue weighted by Crippen LogP contribution is 2.59. The molecule has 0 heterocycles. The van der Waals surface area contributed by atoms with Gasteiger partial charge in [-0.25, -0.2) is 92.2 Å². The van der Waals surface area contributed by atoms with E-state index in [4.69, 9.17) is 0 Å². The van der Waals surface area contributed by atoms with E-state index in [1.807, 2.05) is 0 Å². The first-order valence-electron chi connectivity index (χ1n) is 15.6. The molecule has 0 aromatic heterocycles. The predicted octanol–water partition coefficient (Wildman–Crippen LogP) is 11.7. The Bertz CT molecular complexity index is 3060. The summed E-state index contributed by atoms with van der Waals surface area (Å²) in [7, 11) is -4.70. The molecule has 0 aliphatic heterocycles. The predicted molar refractivity (Wildman–Crippen MR) is 156 cm³/mol. The maximum absolute atomic E-state index is 16.0. The van der Waals surface area contributed by atoms with Crippen LogP contribution in [0, 0.1) is 134 Å². The van der Waals surface area contributed by atoms with Gasteiger partial charge in [0, 0.05) is 16.7 Å². The molecule has 330 valence electrons. The molecular weight excluding hydrogens is 938 g/mol. The van der Waals surface area contributed by atoms with Gasteiger partial charge in [0.25, 0.3) is 0 Å².